The predicted octanol–water partition coefficient (Wildman–Crippen LogP) is 4.68. The molecule has 2 aromatic carbocycles. The molecule has 0 unspecified atom stereocenters. The minimum Gasteiger partial charge on any atom is -0.493 e. The maximum absolute atomic E-state index is 14.0. The second-order valence-electron chi connectivity index (χ2n) is 9.60. The number of nitro groups is 1. The highest BCUT2D eigenvalue weighted by Gasteiger charge is 2.34. The fourth-order valence-corrected chi connectivity index (χ4v) is 5.96. The van der Waals surface area contributed by atoms with E-state index in [9.17, 15) is 19.7 Å². The summed E-state index contributed by atoms with van der Waals surface area (Å²) in [7, 11) is 1.54. The minimum atomic E-state index is -0.831. The molecule has 11 nitrogen and oxygen atoms in total. The highest BCUT2D eigenvalue weighted by Crippen LogP contribution is 2.36. The normalized spacial score (nSPS) is 14.7. The van der Waals surface area contributed by atoms with E-state index in [0.29, 0.717) is 55.8 Å². The van der Waals surface area contributed by atoms with E-state index in [2.05, 4.69) is 4.99 Å². The number of allylic oxidation sites excluding steroid dienone is 1. The number of aromatic nitrogens is 1. The molecule has 0 bridgehead atoms. The van der Waals surface area contributed by atoms with Crippen LogP contribution in [0, 0.1) is 17.0 Å². The first-order valence-corrected chi connectivity index (χ1v) is 14.3. The summed E-state index contributed by atoms with van der Waals surface area (Å²) in [6.45, 7) is 7.66. The van der Waals surface area contributed by atoms with Crippen molar-refractivity contribution in [2.24, 2.45) is 4.99 Å². The third-order valence-electron chi connectivity index (χ3n) is 6.92. The lowest BCUT2D eigenvalue weighted by molar-refractivity contribution is -0.384. The average Bonchev–Trinajstić information content (AvgIpc) is 3.56. The number of benzene rings is 2. The Hall–Kier alpha value is -4.97. The van der Waals surface area contributed by atoms with E-state index in [1.807, 2.05) is 13.8 Å². The van der Waals surface area contributed by atoms with Gasteiger partial charge in [-0.1, -0.05) is 23.5 Å². The van der Waals surface area contributed by atoms with Gasteiger partial charge in [0.25, 0.3) is 11.2 Å². The zero-order valence-electron chi connectivity index (χ0n) is 24.2. The summed E-state index contributed by atoms with van der Waals surface area (Å²) in [5, 5.41) is 11.3. The number of esters is 1. The molecule has 1 aliphatic rings. The quantitative estimate of drug-likeness (QED) is 0.153. The number of nitrogens with zero attached hydrogens (tertiary/aromatic N) is 3. The Morgan fingerprint density at radius 1 is 1.12 bits per heavy atom. The van der Waals surface area contributed by atoms with Crippen molar-refractivity contribution in [2.75, 3.05) is 20.3 Å². The molecule has 0 saturated heterocycles. The number of thiazole rings is 1. The second-order valence-corrected chi connectivity index (χ2v) is 10.6. The van der Waals surface area contributed by atoms with Gasteiger partial charge >= 0.3 is 5.97 Å². The number of nitro benzene ring substituents is 1. The van der Waals surface area contributed by atoms with Gasteiger partial charge in [-0.3, -0.25) is 19.5 Å². The van der Waals surface area contributed by atoms with E-state index in [0.717, 1.165) is 16.9 Å². The van der Waals surface area contributed by atoms with Gasteiger partial charge < -0.3 is 18.6 Å². The summed E-state index contributed by atoms with van der Waals surface area (Å²) >= 11 is 1.16. The SMILES string of the molecule is CCOC(=O)C1=C(C)N=c2s/c(=C\c3ccc(-c4cc([N+](=O)[O-])ccc4C)o3)c(=O)n2[C@H]1c1ccc(OC)c(OCC)c1. The van der Waals surface area contributed by atoms with Crippen LogP contribution in [0.25, 0.3) is 17.4 Å². The number of rotatable bonds is 9. The molecule has 0 aliphatic carbocycles. The Kier molecular flexibility index (Phi) is 8.31. The van der Waals surface area contributed by atoms with E-state index in [-0.39, 0.29) is 23.4 Å². The van der Waals surface area contributed by atoms with Crippen molar-refractivity contribution < 1.29 is 28.3 Å². The largest absolute Gasteiger partial charge is 0.493 e. The summed E-state index contributed by atoms with van der Waals surface area (Å²) < 4.78 is 24.4. The smallest absolute Gasteiger partial charge is 0.338 e. The molecule has 222 valence electrons. The van der Waals surface area contributed by atoms with Gasteiger partial charge in [0.2, 0.25) is 0 Å². The number of hydrogen-bond donors (Lipinski definition) is 0. The van der Waals surface area contributed by atoms with E-state index >= 15 is 0 Å². The first kappa shape index (κ1) is 29.5. The highest BCUT2D eigenvalue weighted by atomic mass is 32.1. The maximum Gasteiger partial charge on any atom is 0.338 e. The van der Waals surface area contributed by atoms with Crippen LogP contribution in [0.2, 0.25) is 0 Å². The van der Waals surface area contributed by atoms with Gasteiger partial charge in [-0.2, -0.15) is 0 Å². The van der Waals surface area contributed by atoms with Crippen LogP contribution < -0.4 is 24.4 Å². The van der Waals surface area contributed by atoms with E-state index in [1.165, 1.54) is 23.8 Å². The zero-order chi connectivity index (χ0) is 30.8. The molecule has 0 N–H and O–H groups in total. The molecular formula is C31H29N3O8S. The number of carbonyl (C=O) groups excluding carboxylic acids is 1. The standard InChI is InChI=1S/C31H29N3O8S/c1-6-40-25-14-19(9-12-24(25)39-5)28-27(30(36)41-7-2)18(4)32-31-33(28)29(35)26(43-31)16-21-11-13-23(42-21)22-15-20(34(37)38)10-8-17(22)3/h8-16,28H,6-7H2,1-5H3/b26-16-/t28-/m0/s1. The van der Waals surface area contributed by atoms with E-state index in [4.69, 9.17) is 18.6 Å². The van der Waals surface area contributed by atoms with Crippen molar-refractivity contribution in [1.29, 1.82) is 0 Å². The lowest BCUT2D eigenvalue weighted by Gasteiger charge is -2.25. The minimum absolute atomic E-state index is 0.0503. The molecule has 1 aliphatic heterocycles. The molecule has 5 rings (SSSR count). The van der Waals surface area contributed by atoms with Gasteiger partial charge in [0.15, 0.2) is 16.3 Å². The highest BCUT2D eigenvalue weighted by molar-refractivity contribution is 7.07. The van der Waals surface area contributed by atoms with Gasteiger partial charge in [-0.15, -0.1) is 0 Å². The van der Waals surface area contributed by atoms with Gasteiger partial charge in [0.05, 0.1) is 47.1 Å². The fraction of sp³-hybridized carbons (Fsp3) is 0.258. The van der Waals surface area contributed by atoms with Crippen molar-refractivity contribution in [3.05, 3.63) is 106 Å². The molecule has 4 aromatic rings. The van der Waals surface area contributed by atoms with Crippen LogP contribution in [0.4, 0.5) is 5.69 Å². The Morgan fingerprint density at radius 3 is 2.60 bits per heavy atom. The van der Waals surface area contributed by atoms with Crippen LogP contribution in [0.1, 0.15) is 43.7 Å². The van der Waals surface area contributed by atoms with Crippen LogP contribution in [-0.4, -0.2) is 35.8 Å². The Balaban J connectivity index is 1.65. The lowest BCUT2D eigenvalue weighted by atomic mass is 9.95. The average molecular weight is 604 g/mol. The van der Waals surface area contributed by atoms with Crippen LogP contribution in [0.5, 0.6) is 11.5 Å². The van der Waals surface area contributed by atoms with Gasteiger partial charge in [0, 0.05) is 23.8 Å². The Bertz CT molecular complexity index is 1950. The monoisotopic (exact) mass is 603 g/mol. The molecule has 43 heavy (non-hydrogen) atoms. The summed E-state index contributed by atoms with van der Waals surface area (Å²) in [5.74, 6) is 1.23. The summed E-state index contributed by atoms with van der Waals surface area (Å²) in [6, 6.07) is 12.4. The van der Waals surface area contributed by atoms with Crippen molar-refractivity contribution in [1.82, 2.24) is 4.57 Å². The molecule has 12 heteroatoms. The number of methoxy groups -OCH3 is 1. The van der Waals surface area contributed by atoms with Crippen molar-refractivity contribution >= 4 is 29.1 Å². The van der Waals surface area contributed by atoms with Crippen molar-refractivity contribution in [3.8, 4) is 22.8 Å². The Labute approximate surface area is 250 Å². The van der Waals surface area contributed by atoms with E-state index < -0.39 is 16.9 Å². The maximum atomic E-state index is 14.0. The Morgan fingerprint density at radius 2 is 1.91 bits per heavy atom. The number of furan rings is 1. The molecular weight excluding hydrogens is 574 g/mol. The number of carbonyl (C=O) groups is 1. The number of fused-ring (bicyclic) bond motifs is 1. The first-order chi connectivity index (χ1) is 20.7. The van der Waals surface area contributed by atoms with Crippen LogP contribution >= 0.6 is 11.3 Å². The van der Waals surface area contributed by atoms with Crippen LogP contribution in [0.3, 0.4) is 0 Å². The third kappa shape index (κ3) is 5.61. The van der Waals surface area contributed by atoms with Gasteiger partial charge in [0.1, 0.15) is 11.5 Å². The molecule has 3 heterocycles. The number of non-ortho nitro benzene ring substituents is 1. The fourth-order valence-electron chi connectivity index (χ4n) is 4.93. The van der Waals surface area contributed by atoms with Gasteiger partial charge in [-0.25, -0.2) is 9.79 Å². The molecule has 1 atom stereocenters. The molecule has 0 fully saturated rings. The zero-order valence-corrected chi connectivity index (χ0v) is 25.0. The number of ether oxygens (including phenoxy) is 3. The summed E-state index contributed by atoms with van der Waals surface area (Å²) in [5.41, 5.74) is 2.26. The topological polar surface area (TPSA) is 135 Å². The van der Waals surface area contributed by atoms with Crippen molar-refractivity contribution in [2.45, 2.75) is 33.7 Å². The molecule has 0 radical (unpaired) electrons. The van der Waals surface area contributed by atoms with Gasteiger partial charge in [-0.05, 0) is 63.1 Å². The van der Waals surface area contributed by atoms with Crippen LogP contribution in [-0.2, 0) is 9.53 Å². The molecule has 0 amide bonds. The lowest BCUT2D eigenvalue weighted by Crippen LogP contribution is -2.39. The molecule has 0 spiro atoms. The third-order valence-corrected chi connectivity index (χ3v) is 7.90. The second kappa shape index (κ2) is 12.1. The summed E-state index contributed by atoms with van der Waals surface area (Å²) in [4.78, 5) is 43.0. The molecule has 2 aromatic heterocycles. The predicted molar refractivity (Wildman–Crippen MR) is 160 cm³/mol. The first-order valence-electron chi connectivity index (χ1n) is 13.5. The molecule has 0 saturated carbocycles. The number of aryl methyl sites for hydroxylation is 1. The summed E-state index contributed by atoms with van der Waals surface area (Å²) in [6.07, 6.45) is 1.60. The van der Waals surface area contributed by atoms with E-state index in [1.54, 1.807) is 56.3 Å². The van der Waals surface area contributed by atoms with Crippen molar-refractivity contribution in [3.63, 3.8) is 0 Å². The van der Waals surface area contributed by atoms with Crippen LogP contribution in [0.15, 0.2) is 74.0 Å². The number of hydrogen-bond acceptors (Lipinski definition) is 10.